The van der Waals surface area contributed by atoms with Gasteiger partial charge in [0.05, 0.1) is 19.1 Å². The molecule has 4 nitrogen and oxygen atoms in total. The zero-order valence-corrected chi connectivity index (χ0v) is 10.5. The predicted molar refractivity (Wildman–Crippen MR) is 67.9 cm³/mol. The number of hydrogen-bond donors (Lipinski definition) is 1. The average molecular weight is 249 g/mol. The van der Waals surface area contributed by atoms with Crippen LogP contribution in [0.3, 0.4) is 0 Å². The molecule has 96 valence electrons. The number of aryl methyl sites for hydroxylation is 1. The second-order valence-corrected chi connectivity index (χ2v) is 4.04. The Morgan fingerprint density at radius 1 is 1.44 bits per heavy atom. The molecule has 0 saturated heterocycles. The van der Waals surface area contributed by atoms with Crippen molar-refractivity contribution < 1.29 is 9.13 Å². The fraction of sp³-hybridized carbons (Fsp3) is 0.308. The number of hydrogen-bond acceptors (Lipinski definition) is 3. The fourth-order valence-electron chi connectivity index (χ4n) is 1.94. The van der Waals surface area contributed by atoms with Crippen LogP contribution in [0, 0.1) is 5.82 Å². The van der Waals surface area contributed by atoms with Crippen molar-refractivity contribution >= 4 is 0 Å². The van der Waals surface area contributed by atoms with Gasteiger partial charge in [0, 0.05) is 24.7 Å². The van der Waals surface area contributed by atoms with E-state index >= 15 is 0 Å². The van der Waals surface area contributed by atoms with Gasteiger partial charge in [-0.15, -0.1) is 0 Å². The van der Waals surface area contributed by atoms with Gasteiger partial charge >= 0.3 is 0 Å². The molecule has 0 aliphatic rings. The summed E-state index contributed by atoms with van der Waals surface area (Å²) >= 11 is 0. The van der Waals surface area contributed by atoms with E-state index in [1.165, 1.54) is 13.2 Å². The van der Waals surface area contributed by atoms with Crippen LogP contribution in [0.1, 0.15) is 5.69 Å². The highest BCUT2D eigenvalue weighted by molar-refractivity contribution is 5.63. The van der Waals surface area contributed by atoms with Gasteiger partial charge in [-0.1, -0.05) is 0 Å². The summed E-state index contributed by atoms with van der Waals surface area (Å²) in [5.74, 6) is -0.158. The monoisotopic (exact) mass is 249 g/mol. The molecule has 2 N–H and O–H groups in total. The summed E-state index contributed by atoms with van der Waals surface area (Å²) in [5.41, 5.74) is 8.08. The van der Waals surface area contributed by atoms with Crippen molar-refractivity contribution in [3.8, 4) is 17.0 Å². The van der Waals surface area contributed by atoms with Crippen LogP contribution in [0.25, 0.3) is 11.3 Å². The van der Waals surface area contributed by atoms with Gasteiger partial charge in [-0.3, -0.25) is 0 Å². The number of imidazole rings is 1. The summed E-state index contributed by atoms with van der Waals surface area (Å²) in [6.07, 6.45) is 2.42. The number of halogens is 1. The predicted octanol–water partition coefficient (Wildman–Crippen LogP) is 1.74. The van der Waals surface area contributed by atoms with Crippen LogP contribution in [0.15, 0.2) is 24.5 Å². The maximum absolute atomic E-state index is 13.7. The summed E-state index contributed by atoms with van der Waals surface area (Å²) in [6.45, 7) is 0.533. The van der Waals surface area contributed by atoms with E-state index in [0.717, 1.165) is 17.0 Å². The van der Waals surface area contributed by atoms with Crippen LogP contribution in [0.5, 0.6) is 5.75 Å². The van der Waals surface area contributed by atoms with E-state index in [4.69, 9.17) is 10.5 Å². The smallest absolute Gasteiger partial charge is 0.165 e. The number of rotatable bonds is 4. The minimum atomic E-state index is -0.389. The van der Waals surface area contributed by atoms with E-state index in [1.807, 2.05) is 11.6 Å². The number of nitrogens with zero attached hydrogens (tertiary/aromatic N) is 2. The molecule has 1 aromatic heterocycles. The van der Waals surface area contributed by atoms with Crippen molar-refractivity contribution in [1.29, 1.82) is 0 Å². The largest absolute Gasteiger partial charge is 0.494 e. The van der Waals surface area contributed by atoms with Gasteiger partial charge in [0.15, 0.2) is 11.6 Å². The molecule has 2 aromatic rings. The quantitative estimate of drug-likeness (QED) is 0.898. The Morgan fingerprint density at radius 3 is 2.83 bits per heavy atom. The molecule has 0 bridgehead atoms. The Balaban J connectivity index is 2.45. The standard InChI is InChI=1S/C13H16FN3O/c1-17-8-16-13(11(17)5-6-15)9-3-4-12(18-2)10(14)7-9/h3-4,7-8H,5-6,15H2,1-2H3. The van der Waals surface area contributed by atoms with Crippen LogP contribution >= 0.6 is 0 Å². The molecule has 1 aromatic carbocycles. The van der Waals surface area contributed by atoms with Gasteiger partial charge in [0.25, 0.3) is 0 Å². The number of methoxy groups -OCH3 is 1. The number of nitrogens with two attached hydrogens (primary N) is 1. The van der Waals surface area contributed by atoms with Crippen LogP contribution < -0.4 is 10.5 Å². The zero-order chi connectivity index (χ0) is 13.1. The van der Waals surface area contributed by atoms with Gasteiger partial charge in [0.2, 0.25) is 0 Å². The summed E-state index contributed by atoms with van der Waals surface area (Å²) in [7, 11) is 3.35. The van der Waals surface area contributed by atoms with Gasteiger partial charge in [-0.25, -0.2) is 9.37 Å². The number of benzene rings is 1. The third-order valence-electron chi connectivity index (χ3n) is 2.87. The van der Waals surface area contributed by atoms with Crippen LogP contribution in [-0.2, 0) is 13.5 Å². The first kappa shape index (κ1) is 12.6. The van der Waals surface area contributed by atoms with Crippen LogP contribution in [0.2, 0.25) is 0 Å². The van der Waals surface area contributed by atoms with E-state index in [-0.39, 0.29) is 11.6 Å². The normalized spacial score (nSPS) is 10.7. The van der Waals surface area contributed by atoms with E-state index in [2.05, 4.69) is 4.98 Å². The minimum absolute atomic E-state index is 0.232. The lowest BCUT2D eigenvalue weighted by Crippen LogP contribution is -2.07. The van der Waals surface area contributed by atoms with E-state index in [0.29, 0.717) is 13.0 Å². The fourth-order valence-corrected chi connectivity index (χ4v) is 1.94. The van der Waals surface area contributed by atoms with Crippen molar-refractivity contribution in [2.75, 3.05) is 13.7 Å². The van der Waals surface area contributed by atoms with Crippen molar-refractivity contribution in [2.45, 2.75) is 6.42 Å². The van der Waals surface area contributed by atoms with E-state index < -0.39 is 0 Å². The van der Waals surface area contributed by atoms with E-state index in [9.17, 15) is 4.39 Å². The lowest BCUT2D eigenvalue weighted by molar-refractivity contribution is 0.386. The third kappa shape index (κ3) is 2.22. The number of ether oxygens (including phenoxy) is 1. The molecule has 2 rings (SSSR count). The molecule has 0 aliphatic heterocycles. The van der Waals surface area contributed by atoms with Gasteiger partial charge < -0.3 is 15.0 Å². The molecular formula is C13H16FN3O. The molecule has 0 aliphatic carbocycles. The van der Waals surface area contributed by atoms with Crippen molar-refractivity contribution in [3.05, 3.63) is 36.0 Å². The molecule has 0 fully saturated rings. The first-order valence-electron chi connectivity index (χ1n) is 5.71. The Morgan fingerprint density at radius 2 is 2.22 bits per heavy atom. The number of aromatic nitrogens is 2. The summed E-state index contributed by atoms with van der Waals surface area (Å²) in [5, 5.41) is 0. The summed E-state index contributed by atoms with van der Waals surface area (Å²) in [6, 6.07) is 4.83. The molecule has 0 atom stereocenters. The topological polar surface area (TPSA) is 53.1 Å². The first-order chi connectivity index (χ1) is 8.67. The molecule has 0 amide bonds. The molecule has 5 heteroatoms. The molecule has 18 heavy (non-hydrogen) atoms. The Kier molecular flexibility index (Phi) is 3.62. The maximum Gasteiger partial charge on any atom is 0.165 e. The molecule has 0 saturated carbocycles. The molecule has 1 heterocycles. The average Bonchev–Trinajstić information content (AvgIpc) is 2.72. The molecule has 0 radical (unpaired) electrons. The van der Waals surface area contributed by atoms with Crippen molar-refractivity contribution in [1.82, 2.24) is 9.55 Å². The molecule has 0 unspecified atom stereocenters. The Bertz CT molecular complexity index is 551. The highest BCUT2D eigenvalue weighted by Crippen LogP contribution is 2.26. The van der Waals surface area contributed by atoms with Gasteiger partial charge in [0.1, 0.15) is 0 Å². The van der Waals surface area contributed by atoms with Crippen molar-refractivity contribution in [3.63, 3.8) is 0 Å². The minimum Gasteiger partial charge on any atom is -0.494 e. The molecular weight excluding hydrogens is 233 g/mol. The zero-order valence-electron chi connectivity index (χ0n) is 10.5. The Labute approximate surface area is 105 Å². The van der Waals surface area contributed by atoms with Crippen molar-refractivity contribution in [2.24, 2.45) is 12.8 Å². The molecule has 0 spiro atoms. The third-order valence-corrected chi connectivity index (χ3v) is 2.87. The lowest BCUT2D eigenvalue weighted by atomic mass is 10.1. The summed E-state index contributed by atoms with van der Waals surface area (Å²) in [4.78, 5) is 4.30. The van der Waals surface area contributed by atoms with Gasteiger partial charge in [-0.2, -0.15) is 0 Å². The highest BCUT2D eigenvalue weighted by atomic mass is 19.1. The van der Waals surface area contributed by atoms with E-state index in [1.54, 1.807) is 18.5 Å². The van der Waals surface area contributed by atoms with Gasteiger partial charge in [-0.05, 0) is 24.7 Å². The summed E-state index contributed by atoms with van der Waals surface area (Å²) < 4.78 is 20.5. The highest BCUT2D eigenvalue weighted by Gasteiger charge is 2.12. The van der Waals surface area contributed by atoms with Crippen LogP contribution in [0.4, 0.5) is 4.39 Å². The first-order valence-corrected chi connectivity index (χ1v) is 5.71. The SMILES string of the molecule is COc1ccc(-c2ncn(C)c2CCN)cc1F. The second-order valence-electron chi connectivity index (χ2n) is 4.04. The Hall–Kier alpha value is -1.88. The lowest BCUT2D eigenvalue weighted by Gasteiger charge is -2.07. The van der Waals surface area contributed by atoms with Crippen LogP contribution in [-0.4, -0.2) is 23.2 Å². The maximum atomic E-state index is 13.7. The second kappa shape index (κ2) is 5.18.